The molecule has 2 fully saturated rings. The highest BCUT2D eigenvalue weighted by atomic mass is 79.9. The molecule has 1 aliphatic heterocycles. The first-order chi connectivity index (χ1) is 9.56. The summed E-state index contributed by atoms with van der Waals surface area (Å²) in [5.41, 5.74) is 1.00. The van der Waals surface area contributed by atoms with Gasteiger partial charge < -0.3 is 5.11 Å². The van der Waals surface area contributed by atoms with E-state index < -0.39 is 5.97 Å². The lowest BCUT2D eigenvalue weighted by molar-refractivity contribution is -0.143. The van der Waals surface area contributed by atoms with Crippen LogP contribution in [0.2, 0.25) is 5.02 Å². The zero-order chi connectivity index (χ0) is 14.3. The van der Waals surface area contributed by atoms with Crippen molar-refractivity contribution in [1.29, 1.82) is 0 Å². The number of halogens is 2. The van der Waals surface area contributed by atoms with Crippen molar-refractivity contribution in [1.82, 2.24) is 4.90 Å². The highest BCUT2D eigenvalue weighted by molar-refractivity contribution is 9.10. The molecule has 3 atom stereocenters. The van der Waals surface area contributed by atoms with Crippen molar-refractivity contribution in [3.05, 3.63) is 33.3 Å². The van der Waals surface area contributed by atoms with Crippen LogP contribution in [0.5, 0.6) is 0 Å². The van der Waals surface area contributed by atoms with Crippen LogP contribution in [0.1, 0.15) is 24.8 Å². The van der Waals surface area contributed by atoms with Gasteiger partial charge in [0, 0.05) is 22.6 Å². The number of fused-ring (bicyclic) bond motifs is 1. The fraction of sp³-hybridized carbons (Fsp3) is 0.533. The van der Waals surface area contributed by atoms with E-state index in [0.29, 0.717) is 23.4 Å². The van der Waals surface area contributed by atoms with Crippen LogP contribution in [-0.2, 0) is 11.3 Å². The number of benzene rings is 1. The summed E-state index contributed by atoms with van der Waals surface area (Å²) in [4.78, 5) is 13.7. The first-order valence-corrected chi connectivity index (χ1v) is 8.14. The number of carbonyl (C=O) groups is 1. The second-order valence-electron chi connectivity index (χ2n) is 5.80. The highest BCUT2D eigenvalue weighted by Crippen LogP contribution is 2.43. The van der Waals surface area contributed by atoms with Crippen LogP contribution >= 0.6 is 27.5 Å². The number of nitrogens with zero attached hydrogens (tertiary/aromatic N) is 1. The Kier molecular flexibility index (Phi) is 4.07. The number of aliphatic carboxylic acids is 1. The maximum Gasteiger partial charge on any atom is 0.321 e. The summed E-state index contributed by atoms with van der Waals surface area (Å²) in [6, 6.07) is 5.44. The van der Waals surface area contributed by atoms with E-state index in [4.69, 9.17) is 11.6 Å². The summed E-state index contributed by atoms with van der Waals surface area (Å²) in [6.07, 6.45) is 3.39. The smallest absolute Gasteiger partial charge is 0.321 e. The molecule has 3 nitrogen and oxygen atoms in total. The Balaban J connectivity index is 1.81. The van der Waals surface area contributed by atoms with Crippen molar-refractivity contribution < 1.29 is 9.90 Å². The lowest BCUT2D eigenvalue weighted by Crippen LogP contribution is -2.39. The Morgan fingerprint density at radius 1 is 1.45 bits per heavy atom. The van der Waals surface area contributed by atoms with Gasteiger partial charge in [0.25, 0.3) is 0 Å². The van der Waals surface area contributed by atoms with Gasteiger partial charge in [-0.2, -0.15) is 0 Å². The van der Waals surface area contributed by atoms with Crippen LogP contribution in [0.3, 0.4) is 0 Å². The van der Waals surface area contributed by atoms with Crippen molar-refractivity contribution in [3.63, 3.8) is 0 Å². The molecule has 1 N–H and O–H groups in total. The zero-order valence-electron chi connectivity index (χ0n) is 11.1. The molecule has 20 heavy (non-hydrogen) atoms. The van der Waals surface area contributed by atoms with Gasteiger partial charge in [0.1, 0.15) is 6.04 Å². The Hall–Kier alpha value is -0.580. The summed E-state index contributed by atoms with van der Waals surface area (Å²) in [5, 5.41) is 10.2. The van der Waals surface area contributed by atoms with E-state index in [9.17, 15) is 9.90 Å². The van der Waals surface area contributed by atoms with Gasteiger partial charge in [-0.25, -0.2) is 0 Å². The number of hydrogen-bond donors (Lipinski definition) is 1. The van der Waals surface area contributed by atoms with E-state index in [1.807, 2.05) is 18.2 Å². The minimum absolute atomic E-state index is 0.321. The summed E-state index contributed by atoms with van der Waals surface area (Å²) in [6.45, 7) is 1.50. The third-order valence-corrected chi connectivity index (χ3v) is 5.47. The Morgan fingerprint density at radius 3 is 2.95 bits per heavy atom. The Morgan fingerprint density at radius 2 is 2.25 bits per heavy atom. The van der Waals surface area contributed by atoms with Gasteiger partial charge >= 0.3 is 5.97 Å². The van der Waals surface area contributed by atoms with E-state index in [1.165, 1.54) is 12.8 Å². The maximum absolute atomic E-state index is 11.6. The molecule has 0 spiro atoms. The monoisotopic (exact) mass is 357 g/mol. The van der Waals surface area contributed by atoms with Gasteiger partial charge in [-0.05, 0) is 42.4 Å². The predicted molar refractivity (Wildman–Crippen MR) is 81.8 cm³/mol. The fourth-order valence-electron chi connectivity index (χ4n) is 3.76. The Labute approximate surface area is 132 Å². The molecule has 1 saturated carbocycles. The largest absolute Gasteiger partial charge is 0.480 e. The Bertz CT molecular complexity index is 537. The molecule has 1 aliphatic carbocycles. The van der Waals surface area contributed by atoms with Crippen LogP contribution in [0.4, 0.5) is 0 Å². The average Bonchev–Trinajstić information content (AvgIpc) is 2.91. The van der Waals surface area contributed by atoms with E-state index in [-0.39, 0.29) is 6.04 Å². The van der Waals surface area contributed by atoms with Crippen LogP contribution in [0, 0.1) is 11.8 Å². The minimum atomic E-state index is -0.687. The van der Waals surface area contributed by atoms with Gasteiger partial charge in [0.15, 0.2) is 0 Å². The SMILES string of the molecule is O=C(O)C1C2CCCC2CN1Cc1ccc(Br)cc1Cl. The van der Waals surface area contributed by atoms with Crippen molar-refractivity contribution >= 4 is 33.5 Å². The van der Waals surface area contributed by atoms with Crippen LogP contribution in [0.15, 0.2) is 22.7 Å². The molecule has 0 amide bonds. The first-order valence-electron chi connectivity index (χ1n) is 6.97. The van der Waals surface area contributed by atoms with Crippen molar-refractivity contribution in [3.8, 4) is 0 Å². The molecule has 2 aliphatic rings. The summed E-state index contributed by atoms with van der Waals surface area (Å²) < 4.78 is 0.944. The van der Waals surface area contributed by atoms with Crippen LogP contribution in [-0.4, -0.2) is 28.6 Å². The fourth-order valence-corrected chi connectivity index (χ4v) is 4.50. The van der Waals surface area contributed by atoms with Crippen molar-refractivity contribution in [2.45, 2.75) is 31.8 Å². The normalized spacial score (nSPS) is 29.6. The van der Waals surface area contributed by atoms with Crippen molar-refractivity contribution in [2.24, 2.45) is 11.8 Å². The van der Waals surface area contributed by atoms with E-state index >= 15 is 0 Å². The minimum Gasteiger partial charge on any atom is -0.480 e. The van der Waals surface area contributed by atoms with Gasteiger partial charge in [0.2, 0.25) is 0 Å². The molecular weight excluding hydrogens is 342 g/mol. The predicted octanol–water partition coefficient (Wildman–Crippen LogP) is 3.79. The number of carboxylic acid groups (broad SMARTS) is 1. The molecule has 1 saturated heterocycles. The molecule has 0 radical (unpaired) electrons. The van der Waals surface area contributed by atoms with Gasteiger partial charge in [0.05, 0.1) is 0 Å². The van der Waals surface area contributed by atoms with Gasteiger partial charge in [-0.1, -0.05) is 40.0 Å². The number of rotatable bonds is 3. The van der Waals surface area contributed by atoms with Crippen molar-refractivity contribution in [2.75, 3.05) is 6.54 Å². The molecular formula is C15H17BrClNO2. The number of hydrogen-bond acceptors (Lipinski definition) is 2. The van der Waals surface area contributed by atoms with Gasteiger partial charge in [-0.15, -0.1) is 0 Å². The molecule has 3 unspecified atom stereocenters. The highest BCUT2D eigenvalue weighted by Gasteiger charge is 2.47. The maximum atomic E-state index is 11.6. The average molecular weight is 359 g/mol. The lowest BCUT2D eigenvalue weighted by atomic mass is 9.94. The molecule has 0 aromatic heterocycles. The van der Waals surface area contributed by atoms with Crippen LogP contribution in [0.25, 0.3) is 0 Å². The molecule has 3 rings (SSSR count). The second-order valence-corrected chi connectivity index (χ2v) is 7.13. The standard InChI is InChI=1S/C15H17BrClNO2/c16-11-5-4-10(13(17)6-11)8-18-7-9-2-1-3-12(9)14(18)15(19)20/h4-6,9,12,14H,1-3,7-8H2,(H,19,20). The number of likely N-dealkylation sites (tertiary alicyclic amines) is 1. The molecule has 1 aromatic carbocycles. The molecule has 108 valence electrons. The number of carboxylic acids is 1. The molecule has 1 heterocycles. The van der Waals surface area contributed by atoms with Gasteiger partial charge in [-0.3, -0.25) is 9.69 Å². The molecule has 0 bridgehead atoms. The quantitative estimate of drug-likeness (QED) is 0.894. The molecule has 1 aromatic rings. The van der Waals surface area contributed by atoms with E-state index in [2.05, 4.69) is 20.8 Å². The first kappa shape index (κ1) is 14.4. The summed E-state index contributed by atoms with van der Waals surface area (Å²) in [7, 11) is 0. The third-order valence-electron chi connectivity index (χ3n) is 4.63. The van der Waals surface area contributed by atoms with Crippen LogP contribution < -0.4 is 0 Å². The second kappa shape index (κ2) is 5.66. The topological polar surface area (TPSA) is 40.5 Å². The summed E-state index contributed by atoms with van der Waals surface area (Å²) >= 11 is 9.64. The van der Waals surface area contributed by atoms with E-state index in [1.54, 1.807) is 0 Å². The summed E-state index contributed by atoms with van der Waals surface area (Å²) in [5.74, 6) is 0.180. The molecule has 5 heteroatoms. The van der Waals surface area contributed by atoms with E-state index in [0.717, 1.165) is 23.0 Å². The third kappa shape index (κ3) is 2.61. The zero-order valence-corrected chi connectivity index (χ0v) is 13.4. The lowest BCUT2D eigenvalue weighted by Gasteiger charge is -2.24.